The Morgan fingerprint density at radius 1 is 1.15 bits per heavy atom. The molecule has 2 rings (SSSR count). The summed E-state index contributed by atoms with van der Waals surface area (Å²) in [5.74, 6) is -1.27. The van der Waals surface area contributed by atoms with Crippen LogP contribution in [-0.2, 0) is 9.59 Å². The highest BCUT2D eigenvalue weighted by Gasteiger charge is 2.23. The van der Waals surface area contributed by atoms with Crippen molar-refractivity contribution < 1.29 is 14.7 Å². The Bertz CT molecular complexity index is 455. The highest BCUT2D eigenvalue weighted by molar-refractivity contribution is 5.85. The number of aliphatic carboxylic acids is 1. The molecule has 20 heavy (non-hydrogen) atoms. The van der Waals surface area contributed by atoms with Crippen molar-refractivity contribution in [2.45, 2.75) is 25.3 Å². The number of nitrogens with zero attached hydrogens (tertiary/aromatic N) is 1. The molecular formula is C15H20N2O3. The van der Waals surface area contributed by atoms with Crippen molar-refractivity contribution in [1.82, 2.24) is 10.2 Å². The molecule has 5 nitrogen and oxygen atoms in total. The van der Waals surface area contributed by atoms with E-state index in [2.05, 4.69) is 10.2 Å². The second kappa shape index (κ2) is 7.05. The fourth-order valence-corrected chi connectivity index (χ4v) is 2.46. The minimum absolute atomic E-state index is 0.233. The van der Waals surface area contributed by atoms with Crippen LogP contribution >= 0.6 is 0 Å². The van der Waals surface area contributed by atoms with Gasteiger partial charge in [0.05, 0.1) is 6.54 Å². The summed E-state index contributed by atoms with van der Waals surface area (Å²) in [5.41, 5.74) is 0.590. The van der Waals surface area contributed by atoms with Crippen molar-refractivity contribution in [3.05, 3.63) is 35.9 Å². The van der Waals surface area contributed by atoms with E-state index < -0.39 is 12.0 Å². The van der Waals surface area contributed by atoms with Crippen molar-refractivity contribution in [3.63, 3.8) is 0 Å². The normalized spacial score (nSPS) is 17.4. The van der Waals surface area contributed by atoms with Crippen LogP contribution in [0.5, 0.6) is 0 Å². The number of carboxylic acid groups (broad SMARTS) is 1. The van der Waals surface area contributed by atoms with E-state index in [1.807, 2.05) is 6.07 Å². The quantitative estimate of drug-likeness (QED) is 0.853. The Balaban J connectivity index is 1.94. The van der Waals surface area contributed by atoms with Crippen LogP contribution in [0.4, 0.5) is 0 Å². The van der Waals surface area contributed by atoms with Crippen LogP contribution in [-0.4, -0.2) is 41.5 Å². The van der Waals surface area contributed by atoms with Crippen LogP contribution in [0.3, 0.4) is 0 Å². The van der Waals surface area contributed by atoms with Gasteiger partial charge in [0, 0.05) is 0 Å². The third kappa shape index (κ3) is 4.06. The molecule has 1 fully saturated rings. The zero-order valence-electron chi connectivity index (χ0n) is 11.4. The first-order valence-electron chi connectivity index (χ1n) is 6.96. The molecule has 1 saturated heterocycles. The molecule has 0 radical (unpaired) electrons. The van der Waals surface area contributed by atoms with E-state index in [1.165, 1.54) is 6.42 Å². The molecule has 5 heteroatoms. The Kier molecular flexibility index (Phi) is 5.12. The van der Waals surface area contributed by atoms with Gasteiger partial charge in [0.15, 0.2) is 6.04 Å². The number of hydrogen-bond acceptors (Lipinski definition) is 3. The van der Waals surface area contributed by atoms with Gasteiger partial charge >= 0.3 is 5.97 Å². The smallest absolute Gasteiger partial charge is 0.330 e. The third-order valence-corrected chi connectivity index (χ3v) is 3.50. The van der Waals surface area contributed by atoms with Gasteiger partial charge < -0.3 is 10.4 Å². The molecule has 2 N–H and O–H groups in total. The molecule has 1 unspecified atom stereocenters. The van der Waals surface area contributed by atoms with Gasteiger partial charge in [0.1, 0.15) is 0 Å². The van der Waals surface area contributed by atoms with Gasteiger partial charge in [-0.25, -0.2) is 4.79 Å². The maximum absolute atomic E-state index is 12.0. The molecule has 1 aromatic rings. The average molecular weight is 276 g/mol. The van der Waals surface area contributed by atoms with E-state index in [1.54, 1.807) is 24.3 Å². The zero-order chi connectivity index (χ0) is 14.4. The molecule has 0 bridgehead atoms. The summed E-state index contributed by atoms with van der Waals surface area (Å²) >= 11 is 0. The molecule has 1 amide bonds. The molecule has 1 atom stereocenters. The van der Waals surface area contributed by atoms with E-state index >= 15 is 0 Å². The largest absolute Gasteiger partial charge is 0.479 e. The Hall–Kier alpha value is -1.88. The Morgan fingerprint density at radius 2 is 1.80 bits per heavy atom. The minimum Gasteiger partial charge on any atom is -0.479 e. The van der Waals surface area contributed by atoms with E-state index in [0.29, 0.717) is 5.56 Å². The van der Waals surface area contributed by atoms with Gasteiger partial charge in [-0.2, -0.15) is 0 Å². The van der Waals surface area contributed by atoms with Crippen LogP contribution in [0, 0.1) is 0 Å². The maximum Gasteiger partial charge on any atom is 0.330 e. The molecule has 0 spiro atoms. The highest BCUT2D eigenvalue weighted by atomic mass is 16.4. The average Bonchev–Trinajstić information content (AvgIpc) is 2.46. The van der Waals surface area contributed by atoms with Crippen LogP contribution in [0.25, 0.3) is 0 Å². The van der Waals surface area contributed by atoms with E-state index in [0.717, 1.165) is 25.9 Å². The summed E-state index contributed by atoms with van der Waals surface area (Å²) in [6, 6.07) is 7.79. The number of carbonyl (C=O) groups is 2. The number of nitrogens with one attached hydrogen (secondary N) is 1. The molecule has 108 valence electrons. The second-order valence-electron chi connectivity index (χ2n) is 5.09. The maximum atomic E-state index is 12.0. The summed E-state index contributed by atoms with van der Waals surface area (Å²) in [7, 11) is 0. The van der Waals surface area contributed by atoms with E-state index in [4.69, 9.17) is 0 Å². The summed E-state index contributed by atoms with van der Waals surface area (Å²) < 4.78 is 0. The van der Waals surface area contributed by atoms with E-state index in [-0.39, 0.29) is 12.5 Å². The molecule has 0 saturated carbocycles. The number of piperidine rings is 1. The van der Waals surface area contributed by atoms with Gasteiger partial charge in [-0.3, -0.25) is 9.69 Å². The van der Waals surface area contributed by atoms with Crippen molar-refractivity contribution in [2.75, 3.05) is 19.6 Å². The fourth-order valence-electron chi connectivity index (χ4n) is 2.46. The molecule has 0 aromatic heterocycles. The summed E-state index contributed by atoms with van der Waals surface area (Å²) in [6.45, 7) is 2.10. The number of carboxylic acids is 1. The predicted molar refractivity (Wildman–Crippen MR) is 75.3 cm³/mol. The van der Waals surface area contributed by atoms with Gasteiger partial charge in [-0.1, -0.05) is 36.8 Å². The first-order chi connectivity index (χ1) is 9.66. The summed E-state index contributed by atoms with van der Waals surface area (Å²) in [4.78, 5) is 25.4. The lowest BCUT2D eigenvalue weighted by molar-refractivity contribution is -0.142. The van der Waals surface area contributed by atoms with Crippen molar-refractivity contribution in [1.29, 1.82) is 0 Å². The van der Waals surface area contributed by atoms with Crippen LogP contribution in [0.1, 0.15) is 30.9 Å². The zero-order valence-corrected chi connectivity index (χ0v) is 11.4. The Labute approximate surface area is 118 Å². The monoisotopic (exact) mass is 276 g/mol. The van der Waals surface area contributed by atoms with Crippen molar-refractivity contribution >= 4 is 11.9 Å². The van der Waals surface area contributed by atoms with Crippen LogP contribution < -0.4 is 5.32 Å². The summed E-state index contributed by atoms with van der Waals surface area (Å²) in [6.07, 6.45) is 3.42. The van der Waals surface area contributed by atoms with Crippen molar-refractivity contribution in [3.8, 4) is 0 Å². The molecule has 1 aliphatic rings. The topological polar surface area (TPSA) is 69.6 Å². The standard InChI is InChI=1S/C15H20N2O3/c18-13(11-17-9-5-2-6-10-17)16-14(15(19)20)12-7-3-1-4-8-12/h1,3-4,7-8,14H,2,5-6,9-11H2,(H,16,18)(H,19,20). The number of likely N-dealkylation sites (tertiary alicyclic amines) is 1. The lowest BCUT2D eigenvalue weighted by Gasteiger charge is -2.26. The predicted octanol–water partition coefficient (Wildman–Crippen LogP) is 1.41. The number of benzene rings is 1. The number of carbonyl (C=O) groups excluding carboxylic acids is 1. The minimum atomic E-state index is -1.04. The Morgan fingerprint density at radius 3 is 2.40 bits per heavy atom. The SMILES string of the molecule is O=C(CN1CCCCC1)NC(C(=O)O)c1ccccc1. The second-order valence-corrected chi connectivity index (χ2v) is 5.09. The first-order valence-corrected chi connectivity index (χ1v) is 6.96. The van der Waals surface area contributed by atoms with Crippen molar-refractivity contribution in [2.24, 2.45) is 0 Å². The van der Waals surface area contributed by atoms with Gasteiger partial charge in [0.2, 0.25) is 5.91 Å². The molecule has 1 heterocycles. The third-order valence-electron chi connectivity index (χ3n) is 3.50. The molecular weight excluding hydrogens is 256 g/mol. The number of hydrogen-bond donors (Lipinski definition) is 2. The van der Waals surface area contributed by atoms with Gasteiger partial charge in [0.25, 0.3) is 0 Å². The van der Waals surface area contributed by atoms with Gasteiger partial charge in [-0.15, -0.1) is 0 Å². The molecule has 0 aliphatic carbocycles. The fraction of sp³-hybridized carbons (Fsp3) is 0.467. The molecule has 1 aromatic carbocycles. The summed E-state index contributed by atoms with van der Waals surface area (Å²) in [5, 5.41) is 11.9. The molecule has 1 aliphatic heterocycles. The van der Waals surface area contributed by atoms with E-state index in [9.17, 15) is 14.7 Å². The lowest BCUT2D eigenvalue weighted by Crippen LogP contribution is -2.42. The lowest BCUT2D eigenvalue weighted by atomic mass is 10.1. The first kappa shape index (κ1) is 14.5. The highest BCUT2D eigenvalue weighted by Crippen LogP contribution is 2.13. The van der Waals surface area contributed by atoms with Crippen LogP contribution in [0.15, 0.2) is 30.3 Å². The number of rotatable bonds is 5. The van der Waals surface area contributed by atoms with Crippen LogP contribution in [0.2, 0.25) is 0 Å². The number of amides is 1. The van der Waals surface area contributed by atoms with Gasteiger partial charge in [-0.05, 0) is 31.5 Å².